The molecule has 0 spiro atoms. The molecule has 0 heterocycles. The van der Waals surface area contributed by atoms with Gasteiger partial charge in [0.05, 0.1) is 0 Å². The first kappa shape index (κ1) is 27.6. The van der Waals surface area contributed by atoms with E-state index in [0.717, 1.165) is 18.4 Å². The Kier molecular flexibility index (Phi) is 18.2. The zero-order valence-electron chi connectivity index (χ0n) is 20.4. The zero-order valence-corrected chi connectivity index (χ0v) is 20.4. The SMILES string of the molecule is CCCCCCCCCCCCCCC=CCCCCCCCc1cc(O)cc(O)c1. The van der Waals surface area contributed by atoms with Crippen LogP contribution in [0.15, 0.2) is 30.4 Å². The van der Waals surface area contributed by atoms with Crippen molar-refractivity contribution < 1.29 is 10.2 Å². The molecule has 0 saturated carbocycles. The van der Waals surface area contributed by atoms with Crippen LogP contribution in [-0.4, -0.2) is 10.2 Å². The molecule has 0 aliphatic heterocycles. The molecule has 0 aliphatic rings. The third-order valence-corrected chi connectivity index (χ3v) is 6.19. The van der Waals surface area contributed by atoms with Gasteiger partial charge in [0.1, 0.15) is 11.5 Å². The number of rotatable bonds is 21. The summed E-state index contributed by atoms with van der Waals surface area (Å²) in [5.41, 5.74) is 1.03. The quantitative estimate of drug-likeness (QED) is 0.150. The summed E-state index contributed by atoms with van der Waals surface area (Å²) in [5, 5.41) is 19.0. The number of hydrogen-bond donors (Lipinski definition) is 2. The van der Waals surface area contributed by atoms with Crippen LogP contribution < -0.4 is 0 Å². The minimum Gasteiger partial charge on any atom is -0.508 e. The van der Waals surface area contributed by atoms with Crippen molar-refractivity contribution in [3.8, 4) is 11.5 Å². The third-order valence-electron chi connectivity index (χ3n) is 6.19. The van der Waals surface area contributed by atoms with E-state index in [-0.39, 0.29) is 11.5 Å². The molecule has 0 aliphatic carbocycles. The second-order valence-electron chi connectivity index (χ2n) is 9.31. The molecule has 0 aromatic heterocycles. The molecule has 0 bridgehead atoms. The largest absolute Gasteiger partial charge is 0.508 e. The van der Waals surface area contributed by atoms with E-state index in [1.165, 1.54) is 122 Å². The molecule has 0 fully saturated rings. The van der Waals surface area contributed by atoms with E-state index in [4.69, 9.17) is 0 Å². The number of allylic oxidation sites excluding steroid dienone is 2. The summed E-state index contributed by atoms with van der Waals surface area (Å²) in [4.78, 5) is 0. The Morgan fingerprint density at radius 1 is 0.516 bits per heavy atom. The number of phenolic OH excluding ortho intramolecular Hbond substituents is 2. The average Bonchev–Trinajstić information content (AvgIpc) is 2.74. The van der Waals surface area contributed by atoms with Crippen molar-refractivity contribution >= 4 is 0 Å². The summed E-state index contributed by atoms with van der Waals surface area (Å²) in [6.07, 6.45) is 31.5. The van der Waals surface area contributed by atoms with E-state index in [0.29, 0.717) is 0 Å². The zero-order chi connectivity index (χ0) is 22.4. The molecule has 0 saturated heterocycles. The maximum absolute atomic E-state index is 9.50. The molecular weight excluding hydrogens is 380 g/mol. The van der Waals surface area contributed by atoms with Gasteiger partial charge in [0.2, 0.25) is 0 Å². The second kappa shape index (κ2) is 20.5. The van der Waals surface area contributed by atoms with Crippen molar-refractivity contribution in [2.24, 2.45) is 0 Å². The monoisotopic (exact) mass is 430 g/mol. The lowest BCUT2D eigenvalue weighted by atomic mass is 10.0. The molecule has 0 amide bonds. The number of hydrogen-bond acceptors (Lipinski definition) is 2. The molecule has 1 aromatic rings. The van der Waals surface area contributed by atoms with Gasteiger partial charge in [-0.3, -0.25) is 0 Å². The van der Waals surface area contributed by atoms with E-state index in [2.05, 4.69) is 19.1 Å². The predicted octanol–water partition coefficient (Wildman–Crippen LogP) is 9.63. The topological polar surface area (TPSA) is 40.5 Å². The standard InChI is InChI=1S/C29H50O2/c1-2-3-4-5-6-7-8-9-10-11-12-13-14-15-16-17-18-19-20-21-22-23-27-24-28(30)26-29(31)25-27/h15-16,24-26,30-31H,2-14,17-23H2,1H3. The third kappa shape index (κ3) is 17.9. The molecule has 1 aromatic carbocycles. The van der Waals surface area contributed by atoms with Gasteiger partial charge in [0.25, 0.3) is 0 Å². The highest BCUT2D eigenvalue weighted by Crippen LogP contribution is 2.22. The van der Waals surface area contributed by atoms with E-state index in [9.17, 15) is 10.2 Å². The van der Waals surface area contributed by atoms with E-state index >= 15 is 0 Å². The van der Waals surface area contributed by atoms with E-state index < -0.39 is 0 Å². The van der Waals surface area contributed by atoms with E-state index in [1.807, 2.05) is 0 Å². The second-order valence-corrected chi connectivity index (χ2v) is 9.31. The van der Waals surface area contributed by atoms with Gasteiger partial charge in [-0.15, -0.1) is 0 Å². The van der Waals surface area contributed by atoms with Gasteiger partial charge in [0.15, 0.2) is 0 Å². The van der Waals surface area contributed by atoms with Crippen LogP contribution in [0.4, 0.5) is 0 Å². The number of unbranched alkanes of at least 4 members (excludes halogenated alkanes) is 17. The highest BCUT2D eigenvalue weighted by Gasteiger charge is 1.99. The van der Waals surface area contributed by atoms with Crippen LogP contribution >= 0.6 is 0 Å². The normalized spacial score (nSPS) is 11.5. The first-order chi connectivity index (χ1) is 15.2. The molecule has 1 rings (SSSR count). The van der Waals surface area contributed by atoms with Crippen molar-refractivity contribution in [1.82, 2.24) is 0 Å². The number of aryl methyl sites for hydroxylation is 1. The maximum atomic E-state index is 9.50. The molecule has 2 N–H and O–H groups in total. The summed E-state index contributed by atoms with van der Waals surface area (Å²) in [6.45, 7) is 2.29. The minimum absolute atomic E-state index is 0.158. The lowest BCUT2D eigenvalue weighted by Crippen LogP contribution is -1.86. The Hall–Kier alpha value is -1.44. The van der Waals surface area contributed by atoms with Gasteiger partial charge in [-0.2, -0.15) is 0 Å². The average molecular weight is 431 g/mol. The molecule has 0 unspecified atom stereocenters. The van der Waals surface area contributed by atoms with Crippen molar-refractivity contribution in [3.05, 3.63) is 35.9 Å². The molecule has 2 nitrogen and oxygen atoms in total. The molecule has 31 heavy (non-hydrogen) atoms. The Balaban J connectivity index is 1.78. The fourth-order valence-corrected chi connectivity index (χ4v) is 4.26. The van der Waals surface area contributed by atoms with Gasteiger partial charge >= 0.3 is 0 Å². The summed E-state index contributed by atoms with van der Waals surface area (Å²) < 4.78 is 0. The lowest BCUT2D eigenvalue weighted by molar-refractivity contribution is 0.449. The highest BCUT2D eigenvalue weighted by molar-refractivity contribution is 5.36. The lowest BCUT2D eigenvalue weighted by Gasteiger charge is -2.04. The first-order valence-corrected chi connectivity index (χ1v) is 13.4. The summed E-state index contributed by atoms with van der Waals surface area (Å²) in [5.74, 6) is 0.315. The first-order valence-electron chi connectivity index (χ1n) is 13.4. The predicted molar refractivity (Wildman–Crippen MR) is 136 cm³/mol. The Morgan fingerprint density at radius 3 is 1.35 bits per heavy atom. The van der Waals surface area contributed by atoms with Crippen molar-refractivity contribution in [3.63, 3.8) is 0 Å². The van der Waals surface area contributed by atoms with Crippen LogP contribution in [0.5, 0.6) is 11.5 Å². The van der Waals surface area contributed by atoms with Crippen molar-refractivity contribution in [2.75, 3.05) is 0 Å². The van der Waals surface area contributed by atoms with Crippen LogP contribution in [0.1, 0.15) is 134 Å². The van der Waals surface area contributed by atoms with Crippen LogP contribution in [0.25, 0.3) is 0 Å². The van der Waals surface area contributed by atoms with Crippen molar-refractivity contribution in [1.29, 1.82) is 0 Å². The molecule has 178 valence electrons. The fourth-order valence-electron chi connectivity index (χ4n) is 4.26. The molecular formula is C29H50O2. The van der Waals surface area contributed by atoms with Crippen LogP contribution in [-0.2, 0) is 6.42 Å². The Labute approximate surface area is 193 Å². The Bertz CT molecular complexity index is 529. The van der Waals surface area contributed by atoms with Gasteiger partial charge in [0, 0.05) is 6.07 Å². The molecule has 2 heteroatoms. The number of benzene rings is 1. The summed E-state index contributed by atoms with van der Waals surface area (Å²) in [6, 6.07) is 4.89. The highest BCUT2D eigenvalue weighted by atomic mass is 16.3. The fraction of sp³-hybridized carbons (Fsp3) is 0.724. The maximum Gasteiger partial charge on any atom is 0.119 e. The van der Waals surface area contributed by atoms with Gasteiger partial charge < -0.3 is 10.2 Å². The van der Waals surface area contributed by atoms with Crippen LogP contribution in [0, 0.1) is 0 Å². The van der Waals surface area contributed by atoms with Gasteiger partial charge in [-0.25, -0.2) is 0 Å². The van der Waals surface area contributed by atoms with Crippen LogP contribution in [0.2, 0.25) is 0 Å². The number of aromatic hydroxyl groups is 2. The van der Waals surface area contributed by atoms with Crippen LogP contribution in [0.3, 0.4) is 0 Å². The minimum atomic E-state index is 0.158. The number of phenols is 2. The molecule has 0 radical (unpaired) electrons. The summed E-state index contributed by atoms with van der Waals surface area (Å²) >= 11 is 0. The van der Waals surface area contributed by atoms with Gasteiger partial charge in [-0.1, -0.05) is 109 Å². The molecule has 0 atom stereocenters. The van der Waals surface area contributed by atoms with Crippen molar-refractivity contribution in [2.45, 2.75) is 135 Å². The summed E-state index contributed by atoms with van der Waals surface area (Å²) in [7, 11) is 0. The Morgan fingerprint density at radius 2 is 0.903 bits per heavy atom. The van der Waals surface area contributed by atoms with E-state index in [1.54, 1.807) is 12.1 Å². The smallest absolute Gasteiger partial charge is 0.119 e. The van der Waals surface area contributed by atoms with Gasteiger partial charge in [-0.05, 0) is 56.2 Å².